The highest BCUT2D eigenvalue weighted by atomic mass is 32.2. The fraction of sp³-hybridized carbons (Fsp3) is 0.217. The van der Waals surface area contributed by atoms with Crippen molar-refractivity contribution in [2.24, 2.45) is 0 Å². The number of anilines is 4. The maximum Gasteiger partial charge on any atom is 0.228 e. The van der Waals surface area contributed by atoms with Gasteiger partial charge in [0, 0.05) is 42.5 Å². The minimum Gasteiger partial charge on any atom is -0.378 e. The molecule has 0 radical (unpaired) electrons. The normalized spacial score (nSPS) is 13.3. The fourth-order valence-electron chi connectivity index (χ4n) is 3.26. The zero-order valence-electron chi connectivity index (χ0n) is 17.5. The number of carbonyl (C=O) groups excluding carboxylic acids is 1. The van der Waals surface area contributed by atoms with Crippen LogP contribution in [0.5, 0.6) is 0 Å². The van der Waals surface area contributed by atoms with E-state index in [9.17, 15) is 10.1 Å². The Morgan fingerprint density at radius 1 is 1.16 bits per heavy atom. The summed E-state index contributed by atoms with van der Waals surface area (Å²) in [5.41, 5.74) is 2.96. The molecule has 1 aliphatic rings. The summed E-state index contributed by atoms with van der Waals surface area (Å²) in [4.78, 5) is 23.3. The molecule has 0 spiro atoms. The summed E-state index contributed by atoms with van der Waals surface area (Å²) in [5.74, 6) is 0.274. The zero-order valence-corrected chi connectivity index (χ0v) is 18.4. The highest BCUT2D eigenvalue weighted by Crippen LogP contribution is 2.30. The smallest absolute Gasteiger partial charge is 0.228 e. The van der Waals surface area contributed by atoms with Gasteiger partial charge in [0.1, 0.15) is 11.1 Å². The quantitative estimate of drug-likeness (QED) is 0.547. The van der Waals surface area contributed by atoms with Gasteiger partial charge in [0.05, 0.1) is 24.5 Å². The lowest BCUT2D eigenvalue weighted by Crippen LogP contribution is -2.36. The van der Waals surface area contributed by atoms with E-state index in [1.807, 2.05) is 24.3 Å². The van der Waals surface area contributed by atoms with E-state index in [-0.39, 0.29) is 5.91 Å². The van der Waals surface area contributed by atoms with Crippen LogP contribution >= 0.6 is 11.8 Å². The number of carbonyl (C=O) groups is 1. The van der Waals surface area contributed by atoms with Gasteiger partial charge in [-0.25, -0.2) is 9.97 Å². The van der Waals surface area contributed by atoms with Crippen LogP contribution in [0.2, 0.25) is 0 Å². The number of rotatable bonds is 6. The summed E-state index contributed by atoms with van der Waals surface area (Å²) in [5, 5.41) is 16.0. The van der Waals surface area contributed by atoms with Crippen LogP contribution in [0.25, 0.3) is 0 Å². The van der Waals surface area contributed by atoms with Crippen molar-refractivity contribution in [1.29, 1.82) is 5.26 Å². The Kier molecular flexibility index (Phi) is 6.84. The molecule has 0 saturated carbocycles. The zero-order chi connectivity index (χ0) is 22.3. The van der Waals surface area contributed by atoms with Crippen molar-refractivity contribution in [1.82, 2.24) is 9.97 Å². The average molecular weight is 447 g/mol. The molecule has 1 aliphatic heterocycles. The standard InChI is InChI=1S/C23H22N6O2S/c1-16(30)26-21-7-6-20(14-17(21)15-24)32-22-8-9-25-23(28-22)27-18-2-4-19(5-3-18)29-10-12-31-13-11-29/h2-9,14H,10-13H2,1H3,(H,26,30)(H,25,27,28). The third-order valence-electron chi connectivity index (χ3n) is 4.77. The Morgan fingerprint density at radius 3 is 2.66 bits per heavy atom. The second-order valence-electron chi connectivity index (χ2n) is 7.09. The van der Waals surface area contributed by atoms with E-state index >= 15 is 0 Å². The van der Waals surface area contributed by atoms with Gasteiger partial charge in [-0.05, 0) is 48.5 Å². The van der Waals surface area contributed by atoms with E-state index in [1.54, 1.807) is 18.3 Å². The largest absolute Gasteiger partial charge is 0.378 e. The van der Waals surface area contributed by atoms with Crippen LogP contribution < -0.4 is 15.5 Å². The Bertz CT molecular complexity index is 1140. The highest BCUT2D eigenvalue weighted by Gasteiger charge is 2.11. The van der Waals surface area contributed by atoms with E-state index in [0.717, 1.165) is 41.9 Å². The molecule has 162 valence electrons. The van der Waals surface area contributed by atoms with E-state index in [0.29, 0.717) is 17.2 Å². The molecule has 1 aromatic heterocycles. The van der Waals surface area contributed by atoms with Gasteiger partial charge in [-0.3, -0.25) is 4.79 Å². The first-order valence-corrected chi connectivity index (χ1v) is 10.9. The number of benzene rings is 2. The molecule has 0 unspecified atom stereocenters. The van der Waals surface area contributed by atoms with Crippen molar-refractivity contribution in [2.75, 3.05) is 41.8 Å². The van der Waals surface area contributed by atoms with E-state index in [2.05, 4.69) is 43.7 Å². The first kappa shape index (κ1) is 21.6. The molecule has 0 atom stereocenters. The number of ether oxygens (including phenoxy) is 1. The predicted molar refractivity (Wildman–Crippen MR) is 124 cm³/mol. The molecule has 9 heteroatoms. The molecule has 4 rings (SSSR count). The average Bonchev–Trinajstić information content (AvgIpc) is 2.81. The number of nitriles is 1. The molecule has 8 nitrogen and oxygen atoms in total. The minimum atomic E-state index is -0.216. The monoisotopic (exact) mass is 446 g/mol. The van der Waals surface area contributed by atoms with Crippen LogP contribution in [0.3, 0.4) is 0 Å². The predicted octanol–water partition coefficient (Wildman–Crippen LogP) is 4.04. The molecule has 2 heterocycles. The number of hydrogen-bond donors (Lipinski definition) is 2. The van der Waals surface area contributed by atoms with Crippen LogP contribution in [0.1, 0.15) is 12.5 Å². The van der Waals surface area contributed by atoms with E-state index < -0.39 is 0 Å². The van der Waals surface area contributed by atoms with Gasteiger partial charge in [0.15, 0.2) is 0 Å². The summed E-state index contributed by atoms with van der Waals surface area (Å²) in [7, 11) is 0. The van der Waals surface area contributed by atoms with Crippen molar-refractivity contribution in [3.8, 4) is 6.07 Å². The number of amides is 1. The Labute approximate surface area is 190 Å². The summed E-state index contributed by atoms with van der Waals surface area (Å²) in [6, 6.07) is 17.4. The number of aromatic nitrogens is 2. The van der Waals surface area contributed by atoms with Crippen LogP contribution in [0.4, 0.5) is 23.0 Å². The lowest BCUT2D eigenvalue weighted by Gasteiger charge is -2.28. The van der Waals surface area contributed by atoms with Gasteiger partial charge in [0.25, 0.3) is 0 Å². The Morgan fingerprint density at radius 2 is 1.94 bits per heavy atom. The lowest BCUT2D eigenvalue weighted by molar-refractivity contribution is -0.114. The SMILES string of the molecule is CC(=O)Nc1ccc(Sc2ccnc(Nc3ccc(N4CCOCC4)cc3)n2)cc1C#N. The number of morpholine rings is 1. The molecule has 1 amide bonds. The Balaban J connectivity index is 1.43. The highest BCUT2D eigenvalue weighted by molar-refractivity contribution is 7.99. The molecule has 2 N–H and O–H groups in total. The van der Waals surface area contributed by atoms with Crippen molar-refractivity contribution < 1.29 is 9.53 Å². The second kappa shape index (κ2) is 10.1. The van der Waals surface area contributed by atoms with E-state index in [1.165, 1.54) is 24.4 Å². The minimum absolute atomic E-state index is 0.216. The number of nitrogens with zero attached hydrogens (tertiary/aromatic N) is 4. The van der Waals surface area contributed by atoms with Crippen molar-refractivity contribution in [3.05, 3.63) is 60.3 Å². The van der Waals surface area contributed by atoms with Gasteiger partial charge in [0.2, 0.25) is 11.9 Å². The molecule has 1 fully saturated rings. The van der Waals surface area contributed by atoms with Gasteiger partial charge < -0.3 is 20.3 Å². The van der Waals surface area contributed by atoms with Crippen LogP contribution in [-0.4, -0.2) is 42.2 Å². The fourth-order valence-corrected chi connectivity index (χ4v) is 4.08. The van der Waals surface area contributed by atoms with Crippen molar-refractivity contribution in [3.63, 3.8) is 0 Å². The molecule has 1 saturated heterocycles. The molecule has 3 aromatic rings. The molecule has 0 bridgehead atoms. The van der Waals surface area contributed by atoms with Gasteiger partial charge in [-0.2, -0.15) is 5.26 Å². The van der Waals surface area contributed by atoms with Gasteiger partial charge >= 0.3 is 0 Å². The second-order valence-corrected chi connectivity index (χ2v) is 8.19. The third-order valence-corrected chi connectivity index (χ3v) is 5.70. The molecular weight excluding hydrogens is 424 g/mol. The first-order valence-electron chi connectivity index (χ1n) is 10.1. The van der Waals surface area contributed by atoms with Gasteiger partial charge in [-0.1, -0.05) is 11.8 Å². The molecular formula is C23H22N6O2S. The van der Waals surface area contributed by atoms with Crippen LogP contribution in [0.15, 0.2) is 64.6 Å². The first-order chi connectivity index (χ1) is 15.6. The topological polar surface area (TPSA) is 103 Å². The van der Waals surface area contributed by atoms with Gasteiger partial charge in [-0.15, -0.1) is 0 Å². The van der Waals surface area contributed by atoms with Crippen molar-refractivity contribution >= 4 is 40.7 Å². The third kappa shape index (κ3) is 5.55. The summed E-state index contributed by atoms with van der Waals surface area (Å²) in [6.07, 6.45) is 1.69. The van der Waals surface area contributed by atoms with Crippen LogP contribution in [-0.2, 0) is 9.53 Å². The molecule has 32 heavy (non-hydrogen) atoms. The maximum absolute atomic E-state index is 11.3. The lowest BCUT2D eigenvalue weighted by atomic mass is 10.2. The summed E-state index contributed by atoms with van der Waals surface area (Å²) in [6.45, 7) is 4.71. The van der Waals surface area contributed by atoms with Crippen molar-refractivity contribution in [2.45, 2.75) is 16.8 Å². The number of hydrogen-bond acceptors (Lipinski definition) is 8. The summed E-state index contributed by atoms with van der Waals surface area (Å²) >= 11 is 1.42. The Hall–Kier alpha value is -3.61. The van der Waals surface area contributed by atoms with Crippen LogP contribution in [0, 0.1) is 11.3 Å². The molecule has 0 aliphatic carbocycles. The molecule has 2 aromatic carbocycles. The maximum atomic E-state index is 11.3. The number of nitrogens with one attached hydrogen (secondary N) is 2. The summed E-state index contributed by atoms with van der Waals surface area (Å²) < 4.78 is 5.41. The van der Waals surface area contributed by atoms with E-state index in [4.69, 9.17) is 4.74 Å².